The second-order valence-electron chi connectivity index (χ2n) is 4.54. The number of aliphatic hydroxyl groups is 1. The van der Waals surface area contributed by atoms with E-state index in [9.17, 15) is 4.79 Å². The Morgan fingerprint density at radius 3 is 2.63 bits per heavy atom. The van der Waals surface area contributed by atoms with E-state index in [1.807, 2.05) is 37.3 Å². The molecule has 0 aliphatic carbocycles. The van der Waals surface area contributed by atoms with Gasteiger partial charge in [0.25, 0.3) is 0 Å². The highest BCUT2D eigenvalue weighted by Gasteiger charge is 2.17. The van der Waals surface area contributed by atoms with E-state index in [0.29, 0.717) is 19.6 Å². The van der Waals surface area contributed by atoms with Crippen molar-refractivity contribution in [3.63, 3.8) is 0 Å². The second kappa shape index (κ2) is 8.67. The Labute approximate surface area is 115 Å². The summed E-state index contributed by atoms with van der Waals surface area (Å²) < 4.78 is 4.96. The fourth-order valence-corrected chi connectivity index (χ4v) is 1.99. The first-order valence-corrected chi connectivity index (χ1v) is 6.71. The highest BCUT2D eigenvalue weighted by molar-refractivity contribution is 5.70. The molecule has 0 saturated carbocycles. The smallest absolute Gasteiger partial charge is 0.307 e. The number of hydrogen-bond donors (Lipinski definition) is 1. The standard InChI is InChI=1S/C15H23NO3/c1-3-19-15(18)11-13(2)16(9-10-17)12-14-7-5-4-6-8-14/h4-8,13,17H,3,9-12H2,1-2H3. The topological polar surface area (TPSA) is 49.8 Å². The molecule has 4 nitrogen and oxygen atoms in total. The minimum atomic E-state index is -0.189. The summed E-state index contributed by atoms with van der Waals surface area (Å²) in [4.78, 5) is 13.6. The van der Waals surface area contributed by atoms with Crippen molar-refractivity contribution >= 4 is 5.97 Å². The minimum absolute atomic E-state index is 0.0476. The van der Waals surface area contributed by atoms with E-state index in [4.69, 9.17) is 9.84 Å². The zero-order valence-electron chi connectivity index (χ0n) is 11.7. The van der Waals surface area contributed by atoms with Crippen LogP contribution in [-0.2, 0) is 16.1 Å². The van der Waals surface area contributed by atoms with Crippen molar-refractivity contribution < 1.29 is 14.6 Å². The van der Waals surface area contributed by atoms with Crippen LogP contribution in [0, 0.1) is 0 Å². The Balaban J connectivity index is 2.58. The lowest BCUT2D eigenvalue weighted by atomic mass is 10.1. The maximum atomic E-state index is 11.5. The number of esters is 1. The van der Waals surface area contributed by atoms with Crippen LogP contribution in [0.3, 0.4) is 0 Å². The van der Waals surface area contributed by atoms with Gasteiger partial charge in [0.1, 0.15) is 0 Å². The molecule has 1 unspecified atom stereocenters. The van der Waals surface area contributed by atoms with Crippen LogP contribution in [0.25, 0.3) is 0 Å². The average Bonchev–Trinajstić information content (AvgIpc) is 2.39. The molecule has 1 rings (SSSR count). The highest BCUT2D eigenvalue weighted by atomic mass is 16.5. The van der Waals surface area contributed by atoms with Crippen molar-refractivity contribution in [2.24, 2.45) is 0 Å². The van der Waals surface area contributed by atoms with Gasteiger partial charge in [0, 0.05) is 19.1 Å². The van der Waals surface area contributed by atoms with Crippen molar-refractivity contribution in [2.75, 3.05) is 19.8 Å². The maximum Gasteiger partial charge on any atom is 0.307 e. The van der Waals surface area contributed by atoms with Crippen LogP contribution in [0.2, 0.25) is 0 Å². The molecular formula is C15H23NO3. The molecule has 0 fully saturated rings. The summed E-state index contributed by atoms with van der Waals surface area (Å²) in [6.07, 6.45) is 0.348. The molecule has 1 atom stereocenters. The lowest BCUT2D eigenvalue weighted by molar-refractivity contribution is -0.144. The first kappa shape index (κ1) is 15.7. The third-order valence-electron chi connectivity index (χ3n) is 3.01. The molecule has 1 aromatic carbocycles. The molecule has 1 N–H and O–H groups in total. The molecule has 0 aliphatic heterocycles. The number of hydrogen-bond acceptors (Lipinski definition) is 4. The zero-order chi connectivity index (χ0) is 14.1. The Morgan fingerprint density at radius 2 is 2.05 bits per heavy atom. The lowest BCUT2D eigenvalue weighted by Gasteiger charge is -2.27. The van der Waals surface area contributed by atoms with E-state index in [1.165, 1.54) is 5.56 Å². The van der Waals surface area contributed by atoms with E-state index in [2.05, 4.69) is 4.90 Å². The number of ether oxygens (including phenoxy) is 1. The molecular weight excluding hydrogens is 242 g/mol. The quantitative estimate of drug-likeness (QED) is 0.728. The van der Waals surface area contributed by atoms with Crippen LogP contribution in [0.4, 0.5) is 0 Å². The number of carbonyl (C=O) groups is 1. The fourth-order valence-electron chi connectivity index (χ4n) is 1.99. The van der Waals surface area contributed by atoms with Crippen molar-refractivity contribution in [2.45, 2.75) is 32.9 Å². The van der Waals surface area contributed by atoms with Crippen LogP contribution >= 0.6 is 0 Å². The fraction of sp³-hybridized carbons (Fsp3) is 0.533. The van der Waals surface area contributed by atoms with E-state index in [1.54, 1.807) is 6.92 Å². The molecule has 0 saturated heterocycles. The average molecular weight is 265 g/mol. The number of benzene rings is 1. The van der Waals surface area contributed by atoms with Crippen LogP contribution in [0.5, 0.6) is 0 Å². The van der Waals surface area contributed by atoms with Gasteiger partial charge in [-0.05, 0) is 19.4 Å². The van der Waals surface area contributed by atoms with Gasteiger partial charge in [-0.15, -0.1) is 0 Å². The summed E-state index contributed by atoms with van der Waals surface area (Å²) in [5.74, 6) is -0.189. The number of nitrogens with zero attached hydrogens (tertiary/aromatic N) is 1. The van der Waals surface area contributed by atoms with E-state index >= 15 is 0 Å². The number of carbonyl (C=O) groups excluding carboxylic acids is 1. The second-order valence-corrected chi connectivity index (χ2v) is 4.54. The molecule has 106 valence electrons. The Kier molecular flexibility index (Phi) is 7.15. The Morgan fingerprint density at radius 1 is 1.37 bits per heavy atom. The molecule has 0 radical (unpaired) electrons. The lowest BCUT2D eigenvalue weighted by Crippen LogP contribution is -2.36. The van der Waals surface area contributed by atoms with Crippen LogP contribution in [0.15, 0.2) is 30.3 Å². The van der Waals surface area contributed by atoms with Crippen LogP contribution in [0.1, 0.15) is 25.8 Å². The summed E-state index contributed by atoms with van der Waals surface area (Å²) in [7, 11) is 0. The molecule has 0 spiro atoms. The van der Waals surface area contributed by atoms with Crippen molar-refractivity contribution in [1.82, 2.24) is 4.90 Å². The van der Waals surface area contributed by atoms with Gasteiger partial charge in [0.2, 0.25) is 0 Å². The molecule has 19 heavy (non-hydrogen) atoms. The zero-order valence-corrected chi connectivity index (χ0v) is 11.7. The predicted molar refractivity (Wildman–Crippen MR) is 74.6 cm³/mol. The summed E-state index contributed by atoms with van der Waals surface area (Å²) in [5.41, 5.74) is 1.17. The molecule has 0 amide bonds. The molecule has 0 aromatic heterocycles. The van der Waals surface area contributed by atoms with E-state index in [0.717, 1.165) is 6.54 Å². The van der Waals surface area contributed by atoms with E-state index in [-0.39, 0.29) is 18.6 Å². The Hall–Kier alpha value is -1.39. The van der Waals surface area contributed by atoms with Gasteiger partial charge in [-0.2, -0.15) is 0 Å². The van der Waals surface area contributed by atoms with Gasteiger partial charge in [0.05, 0.1) is 19.6 Å². The highest BCUT2D eigenvalue weighted by Crippen LogP contribution is 2.11. The van der Waals surface area contributed by atoms with Crippen molar-refractivity contribution in [1.29, 1.82) is 0 Å². The van der Waals surface area contributed by atoms with Gasteiger partial charge >= 0.3 is 5.97 Å². The summed E-state index contributed by atoms with van der Waals surface area (Å²) in [6, 6.07) is 10.1. The van der Waals surface area contributed by atoms with E-state index < -0.39 is 0 Å². The monoisotopic (exact) mass is 265 g/mol. The summed E-state index contributed by atoms with van der Waals surface area (Å²) >= 11 is 0. The first-order valence-electron chi connectivity index (χ1n) is 6.71. The number of rotatable bonds is 8. The molecule has 1 aromatic rings. The van der Waals surface area contributed by atoms with Gasteiger partial charge in [-0.25, -0.2) is 0 Å². The molecule has 4 heteroatoms. The van der Waals surface area contributed by atoms with Gasteiger partial charge in [-0.1, -0.05) is 30.3 Å². The largest absolute Gasteiger partial charge is 0.466 e. The van der Waals surface area contributed by atoms with Gasteiger partial charge < -0.3 is 9.84 Å². The van der Waals surface area contributed by atoms with Crippen molar-refractivity contribution in [3.05, 3.63) is 35.9 Å². The summed E-state index contributed by atoms with van der Waals surface area (Å²) in [6.45, 7) is 5.55. The Bertz CT molecular complexity index is 367. The SMILES string of the molecule is CCOC(=O)CC(C)N(CCO)Cc1ccccc1. The third-order valence-corrected chi connectivity index (χ3v) is 3.01. The van der Waals surface area contributed by atoms with Crippen LogP contribution < -0.4 is 0 Å². The van der Waals surface area contributed by atoms with Crippen molar-refractivity contribution in [3.8, 4) is 0 Å². The molecule has 0 bridgehead atoms. The third kappa shape index (κ3) is 5.85. The number of aliphatic hydroxyl groups excluding tert-OH is 1. The first-order chi connectivity index (χ1) is 9.17. The normalized spacial score (nSPS) is 12.4. The molecule has 0 heterocycles. The van der Waals surface area contributed by atoms with Crippen LogP contribution in [-0.4, -0.2) is 41.8 Å². The van der Waals surface area contributed by atoms with Gasteiger partial charge in [-0.3, -0.25) is 9.69 Å². The van der Waals surface area contributed by atoms with Gasteiger partial charge in [0.15, 0.2) is 0 Å². The maximum absolute atomic E-state index is 11.5. The summed E-state index contributed by atoms with van der Waals surface area (Å²) in [5, 5.41) is 9.14. The molecule has 0 aliphatic rings. The predicted octanol–water partition coefficient (Wildman–Crippen LogP) is 1.82. The minimum Gasteiger partial charge on any atom is -0.466 e.